The van der Waals surface area contributed by atoms with Gasteiger partial charge >= 0.3 is 0 Å². The van der Waals surface area contributed by atoms with Crippen molar-refractivity contribution in [1.82, 2.24) is 4.98 Å². The lowest BCUT2D eigenvalue weighted by molar-refractivity contribution is 0.0921. The summed E-state index contributed by atoms with van der Waals surface area (Å²) in [5.41, 5.74) is 0.527. The van der Waals surface area contributed by atoms with E-state index in [0.717, 1.165) is 0 Å². The van der Waals surface area contributed by atoms with Gasteiger partial charge in [-0.15, -0.1) is 0 Å². The number of rotatable bonds is 4. The van der Waals surface area contributed by atoms with Crippen molar-refractivity contribution in [2.45, 2.75) is 0 Å². The highest BCUT2D eigenvalue weighted by molar-refractivity contribution is 6.32. The summed E-state index contributed by atoms with van der Waals surface area (Å²) >= 11 is 5.91. The molecule has 1 aromatic carbocycles. The number of carbonyl (C=O) groups is 1. The third-order valence-electron chi connectivity index (χ3n) is 2.18. The number of ether oxygens (including phenoxy) is 1. The molecule has 0 aliphatic rings. The van der Waals surface area contributed by atoms with E-state index in [2.05, 4.69) is 4.98 Å². The second-order valence-corrected chi connectivity index (χ2v) is 3.79. The standard InChI is InChI=1S/C13H10ClNO2/c14-11-5-1-2-6-13(11)17-9-12(16)10-4-3-7-15-8-10/h1-8H,9H2. The molecule has 0 unspecified atom stereocenters. The summed E-state index contributed by atoms with van der Waals surface area (Å²) in [4.78, 5) is 15.6. The quantitative estimate of drug-likeness (QED) is 0.780. The maximum atomic E-state index is 11.7. The van der Waals surface area contributed by atoms with Crippen molar-refractivity contribution >= 4 is 17.4 Å². The van der Waals surface area contributed by atoms with E-state index in [-0.39, 0.29) is 12.4 Å². The number of Topliss-reactive ketones (excluding diaryl/α,β-unsaturated/α-hetero) is 1. The van der Waals surface area contributed by atoms with Gasteiger partial charge in [-0.3, -0.25) is 9.78 Å². The molecule has 0 spiro atoms. The third kappa shape index (κ3) is 3.04. The minimum absolute atomic E-state index is 0.0462. The van der Waals surface area contributed by atoms with E-state index < -0.39 is 0 Å². The zero-order valence-electron chi connectivity index (χ0n) is 8.97. The molecule has 3 nitrogen and oxygen atoms in total. The predicted octanol–water partition coefficient (Wildman–Crippen LogP) is 3.00. The SMILES string of the molecule is O=C(COc1ccccc1Cl)c1cccnc1. The second kappa shape index (κ2) is 5.46. The molecule has 0 atom stereocenters. The maximum absolute atomic E-state index is 11.7. The number of benzene rings is 1. The number of hydrogen-bond acceptors (Lipinski definition) is 3. The highest BCUT2D eigenvalue weighted by Crippen LogP contribution is 2.23. The van der Waals surface area contributed by atoms with Crippen LogP contribution in [0.25, 0.3) is 0 Å². The van der Waals surface area contributed by atoms with E-state index in [0.29, 0.717) is 16.3 Å². The van der Waals surface area contributed by atoms with Crippen LogP contribution in [0.15, 0.2) is 48.8 Å². The number of halogens is 1. The number of carbonyl (C=O) groups excluding carboxylic acids is 1. The zero-order chi connectivity index (χ0) is 12.1. The molecule has 1 aromatic heterocycles. The summed E-state index contributed by atoms with van der Waals surface area (Å²) in [5, 5.41) is 0.492. The highest BCUT2D eigenvalue weighted by atomic mass is 35.5. The van der Waals surface area contributed by atoms with Crippen LogP contribution in [-0.2, 0) is 0 Å². The van der Waals surface area contributed by atoms with Gasteiger partial charge in [-0.25, -0.2) is 0 Å². The average molecular weight is 248 g/mol. The molecule has 86 valence electrons. The molecule has 0 saturated heterocycles. The molecule has 0 aliphatic carbocycles. The van der Waals surface area contributed by atoms with Gasteiger partial charge in [0.05, 0.1) is 5.02 Å². The van der Waals surface area contributed by atoms with Crippen molar-refractivity contribution in [2.24, 2.45) is 0 Å². The van der Waals surface area contributed by atoms with Gasteiger partial charge < -0.3 is 4.74 Å². The molecule has 0 N–H and O–H groups in total. The molecule has 0 saturated carbocycles. The Morgan fingerprint density at radius 2 is 2.06 bits per heavy atom. The molecule has 2 aromatic rings. The van der Waals surface area contributed by atoms with E-state index >= 15 is 0 Å². The average Bonchev–Trinajstić information content (AvgIpc) is 2.38. The number of pyridine rings is 1. The number of para-hydroxylation sites is 1. The lowest BCUT2D eigenvalue weighted by Crippen LogP contribution is -2.11. The van der Waals surface area contributed by atoms with E-state index in [1.54, 1.807) is 42.6 Å². The molecule has 0 aliphatic heterocycles. The minimum atomic E-state index is -0.127. The molecule has 4 heteroatoms. The number of aromatic nitrogens is 1. The molecule has 0 amide bonds. The Hall–Kier alpha value is -1.87. The van der Waals surface area contributed by atoms with Crippen LogP contribution in [0.1, 0.15) is 10.4 Å². The lowest BCUT2D eigenvalue weighted by Gasteiger charge is -2.06. The van der Waals surface area contributed by atoms with E-state index in [1.165, 1.54) is 6.20 Å². The van der Waals surface area contributed by atoms with Crippen molar-refractivity contribution in [3.63, 3.8) is 0 Å². The van der Waals surface area contributed by atoms with Crippen molar-refractivity contribution in [3.05, 3.63) is 59.4 Å². The summed E-state index contributed by atoms with van der Waals surface area (Å²) in [5.74, 6) is 0.379. The second-order valence-electron chi connectivity index (χ2n) is 3.38. The van der Waals surface area contributed by atoms with Crippen LogP contribution in [0.2, 0.25) is 5.02 Å². The van der Waals surface area contributed by atoms with Crippen LogP contribution < -0.4 is 4.74 Å². The van der Waals surface area contributed by atoms with Crippen molar-refractivity contribution in [1.29, 1.82) is 0 Å². The predicted molar refractivity (Wildman–Crippen MR) is 65.5 cm³/mol. The van der Waals surface area contributed by atoms with Crippen LogP contribution >= 0.6 is 11.6 Å². The number of ketones is 1. The van der Waals surface area contributed by atoms with Crippen LogP contribution in [0, 0.1) is 0 Å². The monoisotopic (exact) mass is 247 g/mol. The van der Waals surface area contributed by atoms with Crippen LogP contribution in [0.5, 0.6) is 5.75 Å². The molecule has 0 radical (unpaired) electrons. The first-order valence-electron chi connectivity index (χ1n) is 5.08. The Morgan fingerprint density at radius 3 is 2.76 bits per heavy atom. The Bertz CT molecular complexity index is 514. The van der Waals surface area contributed by atoms with Crippen LogP contribution in [-0.4, -0.2) is 17.4 Å². The van der Waals surface area contributed by atoms with Gasteiger partial charge in [-0.1, -0.05) is 23.7 Å². The summed E-state index contributed by atoms with van der Waals surface area (Å²) in [6.45, 7) is -0.0462. The molecule has 17 heavy (non-hydrogen) atoms. The van der Waals surface area contributed by atoms with Crippen molar-refractivity contribution in [3.8, 4) is 5.75 Å². The summed E-state index contributed by atoms with van der Waals surface area (Å²) in [7, 11) is 0. The van der Waals surface area contributed by atoms with Crippen LogP contribution in [0.4, 0.5) is 0 Å². The first-order valence-corrected chi connectivity index (χ1v) is 5.46. The number of nitrogens with zero attached hydrogens (tertiary/aromatic N) is 1. The van der Waals surface area contributed by atoms with Gasteiger partial charge in [-0.2, -0.15) is 0 Å². The Morgan fingerprint density at radius 1 is 1.24 bits per heavy atom. The van der Waals surface area contributed by atoms with Gasteiger partial charge in [0.2, 0.25) is 5.78 Å². The third-order valence-corrected chi connectivity index (χ3v) is 2.49. The molecule has 1 heterocycles. The molecule has 2 rings (SSSR count). The fourth-order valence-corrected chi connectivity index (χ4v) is 1.51. The molecular formula is C13H10ClNO2. The Labute approximate surface area is 104 Å². The van der Waals surface area contributed by atoms with Crippen LogP contribution in [0.3, 0.4) is 0 Å². The topological polar surface area (TPSA) is 39.2 Å². The highest BCUT2D eigenvalue weighted by Gasteiger charge is 2.07. The lowest BCUT2D eigenvalue weighted by atomic mass is 10.2. The normalized spacial score (nSPS) is 9.94. The first kappa shape index (κ1) is 11.6. The van der Waals surface area contributed by atoms with Crippen molar-refractivity contribution in [2.75, 3.05) is 6.61 Å². The maximum Gasteiger partial charge on any atom is 0.201 e. The van der Waals surface area contributed by atoms with E-state index in [4.69, 9.17) is 16.3 Å². The minimum Gasteiger partial charge on any atom is -0.484 e. The summed E-state index contributed by atoms with van der Waals surface area (Å²) < 4.78 is 5.34. The first-order chi connectivity index (χ1) is 8.27. The molecule has 0 bridgehead atoms. The fraction of sp³-hybridized carbons (Fsp3) is 0.0769. The van der Waals surface area contributed by atoms with Gasteiger partial charge in [-0.05, 0) is 24.3 Å². The van der Waals surface area contributed by atoms with E-state index in [1.807, 2.05) is 0 Å². The summed E-state index contributed by atoms with van der Waals surface area (Å²) in [6.07, 6.45) is 3.13. The summed E-state index contributed by atoms with van der Waals surface area (Å²) in [6, 6.07) is 10.5. The van der Waals surface area contributed by atoms with Gasteiger partial charge in [0.25, 0.3) is 0 Å². The number of hydrogen-bond donors (Lipinski definition) is 0. The fourth-order valence-electron chi connectivity index (χ4n) is 1.32. The van der Waals surface area contributed by atoms with Gasteiger partial charge in [0.1, 0.15) is 5.75 Å². The molecular weight excluding hydrogens is 238 g/mol. The smallest absolute Gasteiger partial charge is 0.201 e. The largest absolute Gasteiger partial charge is 0.484 e. The van der Waals surface area contributed by atoms with E-state index in [9.17, 15) is 4.79 Å². The Kier molecular flexibility index (Phi) is 3.73. The zero-order valence-corrected chi connectivity index (χ0v) is 9.72. The van der Waals surface area contributed by atoms with Crippen molar-refractivity contribution < 1.29 is 9.53 Å². The van der Waals surface area contributed by atoms with Gasteiger partial charge in [0, 0.05) is 18.0 Å². The Balaban J connectivity index is 2.00. The van der Waals surface area contributed by atoms with Gasteiger partial charge in [0.15, 0.2) is 6.61 Å². The molecule has 0 fully saturated rings.